The average Bonchev–Trinajstić information content (AvgIpc) is 2.48. The third kappa shape index (κ3) is 4.29. The largest absolute Gasteiger partial charge is 0.324 e. The summed E-state index contributed by atoms with van der Waals surface area (Å²) in [6.45, 7) is 2.96. The topological polar surface area (TPSA) is 49.4 Å². The molecule has 0 aromatic heterocycles. The SMILES string of the molecule is CC(=O)N(CC(=O)Nc1cccc(F)c1)c1cccc(Cl)c1C. The van der Waals surface area contributed by atoms with E-state index in [0.717, 1.165) is 0 Å². The van der Waals surface area contributed by atoms with E-state index < -0.39 is 11.7 Å². The molecule has 120 valence electrons. The lowest BCUT2D eigenvalue weighted by molar-refractivity contribution is -0.120. The van der Waals surface area contributed by atoms with Gasteiger partial charge in [-0.1, -0.05) is 23.7 Å². The van der Waals surface area contributed by atoms with Crippen LogP contribution in [0.25, 0.3) is 0 Å². The van der Waals surface area contributed by atoms with Gasteiger partial charge in [0, 0.05) is 23.3 Å². The maximum Gasteiger partial charge on any atom is 0.244 e. The number of hydrogen-bond acceptors (Lipinski definition) is 2. The number of carbonyl (C=O) groups is 2. The summed E-state index contributed by atoms with van der Waals surface area (Å²) in [5.41, 5.74) is 1.61. The van der Waals surface area contributed by atoms with Crippen LogP contribution in [0.5, 0.6) is 0 Å². The van der Waals surface area contributed by atoms with Gasteiger partial charge in [0.2, 0.25) is 11.8 Å². The molecule has 6 heteroatoms. The number of carbonyl (C=O) groups excluding carboxylic acids is 2. The first kappa shape index (κ1) is 17.0. The van der Waals surface area contributed by atoms with Crippen LogP contribution in [-0.2, 0) is 9.59 Å². The van der Waals surface area contributed by atoms with Gasteiger partial charge in [0.25, 0.3) is 0 Å². The van der Waals surface area contributed by atoms with Gasteiger partial charge in [-0.05, 0) is 42.8 Å². The van der Waals surface area contributed by atoms with Crippen molar-refractivity contribution in [1.29, 1.82) is 0 Å². The minimum absolute atomic E-state index is 0.187. The first-order valence-corrected chi connectivity index (χ1v) is 7.35. The Morgan fingerprint density at radius 1 is 1.22 bits per heavy atom. The van der Waals surface area contributed by atoms with E-state index in [0.29, 0.717) is 22.0 Å². The molecular weight excluding hydrogens is 319 g/mol. The van der Waals surface area contributed by atoms with Gasteiger partial charge >= 0.3 is 0 Å². The average molecular weight is 335 g/mol. The summed E-state index contributed by atoms with van der Waals surface area (Å²) in [5, 5.41) is 3.08. The van der Waals surface area contributed by atoms with Gasteiger partial charge in [0.1, 0.15) is 12.4 Å². The zero-order valence-corrected chi connectivity index (χ0v) is 13.5. The van der Waals surface area contributed by atoms with Crippen LogP contribution >= 0.6 is 11.6 Å². The highest BCUT2D eigenvalue weighted by Crippen LogP contribution is 2.26. The highest BCUT2D eigenvalue weighted by Gasteiger charge is 2.18. The van der Waals surface area contributed by atoms with E-state index in [1.807, 2.05) is 0 Å². The zero-order chi connectivity index (χ0) is 17.0. The highest BCUT2D eigenvalue weighted by molar-refractivity contribution is 6.31. The molecule has 0 aliphatic heterocycles. The summed E-state index contributed by atoms with van der Waals surface area (Å²) < 4.78 is 13.1. The molecule has 23 heavy (non-hydrogen) atoms. The molecule has 0 unspecified atom stereocenters. The summed E-state index contributed by atoms with van der Waals surface area (Å²) in [6, 6.07) is 10.7. The Labute approximate surface area is 138 Å². The van der Waals surface area contributed by atoms with E-state index in [4.69, 9.17) is 11.6 Å². The predicted molar refractivity (Wildman–Crippen MR) is 89.2 cm³/mol. The van der Waals surface area contributed by atoms with E-state index in [1.165, 1.54) is 30.0 Å². The molecule has 0 aliphatic rings. The second-order valence-electron chi connectivity index (χ2n) is 5.05. The van der Waals surface area contributed by atoms with Crippen molar-refractivity contribution in [3.63, 3.8) is 0 Å². The van der Waals surface area contributed by atoms with Gasteiger partial charge in [-0.25, -0.2) is 4.39 Å². The predicted octanol–water partition coefficient (Wildman–Crippen LogP) is 3.78. The van der Waals surface area contributed by atoms with Gasteiger partial charge in [0.05, 0.1) is 0 Å². The molecule has 0 bridgehead atoms. The Bertz CT molecular complexity index is 749. The van der Waals surface area contributed by atoms with Crippen LogP contribution in [0.15, 0.2) is 42.5 Å². The number of amides is 2. The monoisotopic (exact) mass is 334 g/mol. The number of benzene rings is 2. The Hall–Kier alpha value is -2.40. The van der Waals surface area contributed by atoms with Crippen molar-refractivity contribution in [1.82, 2.24) is 0 Å². The first-order chi connectivity index (χ1) is 10.9. The first-order valence-electron chi connectivity index (χ1n) is 6.97. The highest BCUT2D eigenvalue weighted by atomic mass is 35.5. The van der Waals surface area contributed by atoms with Crippen LogP contribution < -0.4 is 10.2 Å². The normalized spacial score (nSPS) is 10.3. The van der Waals surface area contributed by atoms with Crippen LogP contribution in [0.2, 0.25) is 5.02 Å². The number of anilines is 2. The lowest BCUT2D eigenvalue weighted by Gasteiger charge is -2.23. The van der Waals surface area contributed by atoms with Crippen LogP contribution in [0.1, 0.15) is 12.5 Å². The molecule has 2 amide bonds. The second kappa shape index (κ2) is 7.24. The van der Waals surface area contributed by atoms with Crippen LogP contribution in [0, 0.1) is 12.7 Å². The molecule has 0 saturated heterocycles. The van der Waals surface area contributed by atoms with E-state index >= 15 is 0 Å². The van der Waals surface area contributed by atoms with E-state index in [9.17, 15) is 14.0 Å². The molecule has 2 aromatic carbocycles. The Morgan fingerprint density at radius 3 is 2.57 bits per heavy atom. The zero-order valence-electron chi connectivity index (χ0n) is 12.8. The minimum atomic E-state index is -0.447. The maximum atomic E-state index is 13.1. The molecule has 2 aromatic rings. The fourth-order valence-corrected chi connectivity index (χ4v) is 2.33. The summed E-state index contributed by atoms with van der Waals surface area (Å²) in [5.74, 6) is -1.16. The number of rotatable bonds is 4. The van der Waals surface area contributed by atoms with Crippen molar-refractivity contribution in [2.75, 3.05) is 16.8 Å². The van der Waals surface area contributed by atoms with E-state index in [2.05, 4.69) is 5.32 Å². The van der Waals surface area contributed by atoms with E-state index in [1.54, 1.807) is 31.2 Å². The van der Waals surface area contributed by atoms with Gasteiger partial charge in [0.15, 0.2) is 0 Å². The van der Waals surface area contributed by atoms with Gasteiger partial charge in [-0.15, -0.1) is 0 Å². The van der Waals surface area contributed by atoms with Gasteiger partial charge in [-0.2, -0.15) is 0 Å². The second-order valence-corrected chi connectivity index (χ2v) is 5.45. The lowest BCUT2D eigenvalue weighted by atomic mass is 10.1. The Morgan fingerprint density at radius 2 is 1.91 bits per heavy atom. The summed E-state index contributed by atoms with van der Waals surface area (Å²) in [4.78, 5) is 25.4. The third-order valence-corrected chi connectivity index (χ3v) is 3.73. The van der Waals surface area contributed by atoms with Crippen molar-refractivity contribution in [2.24, 2.45) is 0 Å². The van der Waals surface area contributed by atoms with Gasteiger partial charge in [-0.3, -0.25) is 9.59 Å². The minimum Gasteiger partial charge on any atom is -0.324 e. The molecule has 0 aliphatic carbocycles. The van der Waals surface area contributed by atoms with Crippen LogP contribution in [0.4, 0.5) is 15.8 Å². The van der Waals surface area contributed by atoms with Crippen LogP contribution in [-0.4, -0.2) is 18.4 Å². The molecular formula is C17H16ClFN2O2. The fraction of sp³-hybridized carbons (Fsp3) is 0.176. The van der Waals surface area contributed by atoms with Crippen molar-refractivity contribution >= 4 is 34.8 Å². The number of nitrogens with one attached hydrogen (secondary N) is 1. The van der Waals surface area contributed by atoms with Crippen molar-refractivity contribution in [2.45, 2.75) is 13.8 Å². The Balaban J connectivity index is 2.18. The Kier molecular flexibility index (Phi) is 5.34. The number of nitrogens with zero attached hydrogens (tertiary/aromatic N) is 1. The number of hydrogen-bond donors (Lipinski definition) is 1. The fourth-order valence-electron chi connectivity index (χ4n) is 2.16. The maximum absolute atomic E-state index is 13.1. The van der Waals surface area contributed by atoms with E-state index in [-0.39, 0.29) is 12.5 Å². The summed E-state index contributed by atoms with van der Waals surface area (Å²) in [6.07, 6.45) is 0. The molecule has 0 saturated carbocycles. The number of halogens is 2. The summed E-state index contributed by atoms with van der Waals surface area (Å²) in [7, 11) is 0. The third-order valence-electron chi connectivity index (χ3n) is 3.32. The van der Waals surface area contributed by atoms with Gasteiger partial charge < -0.3 is 10.2 Å². The molecule has 0 heterocycles. The van der Waals surface area contributed by atoms with Crippen LogP contribution in [0.3, 0.4) is 0 Å². The van der Waals surface area contributed by atoms with Crippen molar-refractivity contribution in [3.8, 4) is 0 Å². The molecule has 0 radical (unpaired) electrons. The molecule has 4 nitrogen and oxygen atoms in total. The van der Waals surface area contributed by atoms with Crippen molar-refractivity contribution in [3.05, 3.63) is 58.9 Å². The molecule has 0 atom stereocenters. The molecule has 0 fully saturated rings. The quantitative estimate of drug-likeness (QED) is 0.925. The lowest BCUT2D eigenvalue weighted by Crippen LogP contribution is -2.37. The molecule has 1 N–H and O–H groups in total. The molecule has 0 spiro atoms. The smallest absolute Gasteiger partial charge is 0.244 e. The molecule has 2 rings (SSSR count). The summed E-state index contributed by atoms with van der Waals surface area (Å²) >= 11 is 6.07. The standard InChI is InChI=1S/C17H16ClFN2O2/c1-11-15(18)7-4-8-16(11)21(12(2)22)10-17(23)20-14-6-3-5-13(19)9-14/h3-9H,10H2,1-2H3,(H,20,23). The van der Waals surface area contributed by atoms with Crippen molar-refractivity contribution < 1.29 is 14.0 Å².